The second-order valence-corrected chi connectivity index (χ2v) is 5.44. The van der Waals surface area contributed by atoms with Crippen molar-refractivity contribution >= 4 is 0 Å². The minimum absolute atomic E-state index is 0.786. The van der Waals surface area contributed by atoms with Crippen molar-refractivity contribution in [2.24, 2.45) is 0 Å². The molecule has 2 aromatic rings. The van der Waals surface area contributed by atoms with Gasteiger partial charge in [-0.05, 0) is 62.7 Å². The molecule has 1 N–H and O–H groups in total. The summed E-state index contributed by atoms with van der Waals surface area (Å²) in [6.07, 6.45) is 4.18. The first-order chi connectivity index (χ1) is 10.8. The van der Waals surface area contributed by atoms with Crippen LogP contribution in [0.25, 0.3) is 0 Å². The first-order valence-corrected chi connectivity index (χ1v) is 7.88. The van der Waals surface area contributed by atoms with Gasteiger partial charge < -0.3 is 14.8 Å². The SMILES string of the molecule is CC1CCCCN1.COc1ccc(Oc2ccccc2)cc1. The summed E-state index contributed by atoms with van der Waals surface area (Å²) < 4.78 is 10.7. The lowest BCUT2D eigenvalue weighted by atomic mass is 10.1. The number of rotatable bonds is 3. The maximum absolute atomic E-state index is 5.62. The molecule has 22 heavy (non-hydrogen) atoms. The van der Waals surface area contributed by atoms with Crippen LogP contribution in [0.15, 0.2) is 54.6 Å². The van der Waals surface area contributed by atoms with Gasteiger partial charge in [0.1, 0.15) is 17.2 Å². The lowest BCUT2D eigenvalue weighted by Gasteiger charge is -2.18. The van der Waals surface area contributed by atoms with E-state index in [-0.39, 0.29) is 0 Å². The Morgan fingerprint density at radius 2 is 1.50 bits per heavy atom. The molecule has 1 aliphatic heterocycles. The van der Waals surface area contributed by atoms with Crippen LogP contribution in [0.1, 0.15) is 26.2 Å². The zero-order valence-corrected chi connectivity index (χ0v) is 13.4. The summed E-state index contributed by atoms with van der Waals surface area (Å²) in [7, 11) is 1.65. The van der Waals surface area contributed by atoms with Crippen molar-refractivity contribution in [1.29, 1.82) is 0 Å². The standard InChI is InChI=1S/C13H12O2.C6H13N/c1-14-11-7-9-13(10-8-11)15-12-5-3-2-4-6-12;1-6-4-2-3-5-7-6/h2-10H,1H3;6-7H,2-5H2,1H3. The highest BCUT2D eigenvalue weighted by atomic mass is 16.5. The molecule has 0 aliphatic carbocycles. The van der Waals surface area contributed by atoms with E-state index in [1.807, 2.05) is 54.6 Å². The number of ether oxygens (including phenoxy) is 2. The fraction of sp³-hybridized carbons (Fsp3) is 0.368. The van der Waals surface area contributed by atoms with Crippen LogP contribution in [-0.4, -0.2) is 19.7 Å². The molecule has 118 valence electrons. The number of hydrogen-bond acceptors (Lipinski definition) is 3. The van der Waals surface area contributed by atoms with Crippen molar-refractivity contribution in [1.82, 2.24) is 5.32 Å². The maximum Gasteiger partial charge on any atom is 0.127 e. The van der Waals surface area contributed by atoms with Gasteiger partial charge in [0.2, 0.25) is 0 Å². The third kappa shape index (κ3) is 5.78. The third-order valence-electron chi connectivity index (χ3n) is 3.60. The van der Waals surface area contributed by atoms with Crippen LogP contribution in [0.5, 0.6) is 17.2 Å². The molecule has 0 aromatic heterocycles. The lowest BCUT2D eigenvalue weighted by Crippen LogP contribution is -2.30. The number of para-hydroxylation sites is 1. The molecule has 1 unspecified atom stereocenters. The predicted molar refractivity (Wildman–Crippen MR) is 90.8 cm³/mol. The van der Waals surface area contributed by atoms with Gasteiger partial charge in [-0.3, -0.25) is 0 Å². The molecule has 0 radical (unpaired) electrons. The van der Waals surface area contributed by atoms with Gasteiger partial charge in [-0.15, -0.1) is 0 Å². The van der Waals surface area contributed by atoms with Crippen molar-refractivity contribution in [3.05, 3.63) is 54.6 Å². The quantitative estimate of drug-likeness (QED) is 0.896. The molecular weight excluding hydrogens is 274 g/mol. The van der Waals surface area contributed by atoms with E-state index in [9.17, 15) is 0 Å². The van der Waals surface area contributed by atoms with Gasteiger partial charge in [-0.2, -0.15) is 0 Å². The lowest BCUT2D eigenvalue weighted by molar-refractivity contribution is 0.413. The Hall–Kier alpha value is -2.00. The number of piperidine rings is 1. The van der Waals surface area contributed by atoms with Crippen LogP contribution < -0.4 is 14.8 Å². The molecule has 1 fully saturated rings. The molecule has 1 atom stereocenters. The molecule has 3 rings (SSSR count). The van der Waals surface area contributed by atoms with Crippen LogP contribution >= 0.6 is 0 Å². The molecule has 0 saturated carbocycles. The molecule has 1 aliphatic rings. The van der Waals surface area contributed by atoms with Crippen LogP contribution in [-0.2, 0) is 0 Å². The molecule has 0 spiro atoms. The van der Waals surface area contributed by atoms with Crippen molar-refractivity contribution in [3.63, 3.8) is 0 Å². The fourth-order valence-corrected chi connectivity index (χ4v) is 2.29. The molecular formula is C19H25NO2. The molecule has 0 bridgehead atoms. The number of nitrogens with one attached hydrogen (secondary N) is 1. The second kappa shape index (κ2) is 9.11. The van der Waals surface area contributed by atoms with Crippen LogP contribution in [0, 0.1) is 0 Å². The highest BCUT2D eigenvalue weighted by Gasteiger charge is 2.04. The highest BCUT2D eigenvalue weighted by Crippen LogP contribution is 2.23. The Labute approximate surface area is 133 Å². The van der Waals surface area contributed by atoms with Crippen LogP contribution in [0.4, 0.5) is 0 Å². The summed E-state index contributed by atoms with van der Waals surface area (Å²) in [5, 5.41) is 3.38. The minimum Gasteiger partial charge on any atom is -0.497 e. The van der Waals surface area contributed by atoms with E-state index in [4.69, 9.17) is 9.47 Å². The summed E-state index contributed by atoms with van der Waals surface area (Å²) in [6.45, 7) is 3.49. The first-order valence-electron chi connectivity index (χ1n) is 7.88. The average molecular weight is 299 g/mol. The van der Waals surface area contributed by atoms with Gasteiger partial charge in [0, 0.05) is 6.04 Å². The monoisotopic (exact) mass is 299 g/mol. The summed E-state index contributed by atoms with van der Waals surface area (Å²) in [4.78, 5) is 0. The normalized spacial score (nSPS) is 17.1. The van der Waals surface area contributed by atoms with Crippen LogP contribution in [0.2, 0.25) is 0 Å². The zero-order valence-electron chi connectivity index (χ0n) is 13.4. The van der Waals surface area contributed by atoms with Gasteiger partial charge in [0.05, 0.1) is 7.11 Å². The Kier molecular flexibility index (Phi) is 6.78. The van der Waals surface area contributed by atoms with Gasteiger partial charge in [0.15, 0.2) is 0 Å². The molecule has 3 heteroatoms. The maximum atomic E-state index is 5.62. The molecule has 1 heterocycles. The van der Waals surface area contributed by atoms with E-state index in [0.717, 1.165) is 23.3 Å². The van der Waals surface area contributed by atoms with E-state index in [0.29, 0.717) is 0 Å². The van der Waals surface area contributed by atoms with E-state index in [1.165, 1.54) is 25.8 Å². The summed E-state index contributed by atoms with van der Waals surface area (Å²) in [6, 6.07) is 18.0. The summed E-state index contributed by atoms with van der Waals surface area (Å²) in [5.74, 6) is 2.47. The van der Waals surface area contributed by atoms with Crippen molar-refractivity contribution in [2.45, 2.75) is 32.2 Å². The Bertz CT molecular complexity index is 519. The Morgan fingerprint density at radius 3 is 2.00 bits per heavy atom. The van der Waals surface area contributed by atoms with E-state index >= 15 is 0 Å². The number of hydrogen-bond donors (Lipinski definition) is 1. The smallest absolute Gasteiger partial charge is 0.127 e. The van der Waals surface area contributed by atoms with Crippen molar-refractivity contribution in [2.75, 3.05) is 13.7 Å². The predicted octanol–water partition coefficient (Wildman–Crippen LogP) is 4.64. The molecule has 1 saturated heterocycles. The number of benzene rings is 2. The molecule has 2 aromatic carbocycles. The topological polar surface area (TPSA) is 30.5 Å². The summed E-state index contributed by atoms with van der Waals surface area (Å²) >= 11 is 0. The first kappa shape index (κ1) is 16.4. The van der Waals surface area contributed by atoms with E-state index in [2.05, 4.69) is 12.2 Å². The number of methoxy groups -OCH3 is 1. The fourth-order valence-electron chi connectivity index (χ4n) is 2.29. The van der Waals surface area contributed by atoms with Crippen LogP contribution in [0.3, 0.4) is 0 Å². The third-order valence-corrected chi connectivity index (χ3v) is 3.60. The summed E-state index contributed by atoms with van der Waals surface area (Å²) in [5.41, 5.74) is 0. The highest BCUT2D eigenvalue weighted by molar-refractivity contribution is 5.35. The Balaban J connectivity index is 0.000000211. The van der Waals surface area contributed by atoms with Gasteiger partial charge in [0.25, 0.3) is 0 Å². The largest absolute Gasteiger partial charge is 0.497 e. The van der Waals surface area contributed by atoms with Gasteiger partial charge >= 0.3 is 0 Å². The van der Waals surface area contributed by atoms with E-state index < -0.39 is 0 Å². The molecule has 0 amide bonds. The van der Waals surface area contributed by atoms with E-state index in [1.54, 1.807) is 7.11 Å². The van der Waals surface area contributed by atoms with Crippen molar-refractivity contribution < 1.29 is 9.47 Å². The Morgan fingerprint density at radius 1 is 0.864 bits per heavy atom. The molecule has 3 nitrogen and oxygen atoms in total. The minimum atomic E-state index is 0.786. The zero-order chi connectivity index (χ0) is 15.6. The van der Waals surface area contributed by atoms with Gasteiger partial charge in [-0.25, -0.2) is 0 Å². The second-order valence-electron chi connectivity index (χ2n) is 5.44. The van der Waals surface area contributed by atoms with Crippen molar-refractivity contribution in [3.8, 4) is 17.2 Å². The van der Waals surface area contributed by atoms with Gasteiger partial charge in [-0.1, -0.05) is 24.6 Å². The average Bonchev–Trinajstić information content (AvgIpc) is 2.58.